The fourth-order valence-corrected chi connectivity index (χ4v) is 4.32. The van der Waals surface area contributed by atoms with Gasteiger partial charge in [0.1, 0.15) is 0 Å². The topological polar surface area (TPSA) is 136 Å². The number of anilines is 1. The van der Waals surface area contributed by atoms with Crippen LogP contribution in [0.1, 0.15) is 38.1 Å². The number of hydrogen-bond donors (Lipinski definition) is 2. The number of fused-ring (bicyclic) bond motifs is 1. The molecular formula is C21H23N5O5. The number of nitro groups is 2. The second kappa shape index (κ2) is 8.68. The lowest BCUT2D eigenvalue weighted by molar-refractivity contribution is -0.421. The van der Waals surface area contributed by atoms with Gasteiger partial charge < -0.3 is 15.0 Å². The van der Waals surface area contributed by atoms with E-state index < -0.39 is 21.2 Å². The molecule has 10 heteroatoms. The normalized spacial score (nSPS) is 14.6. The zero-order chi connectivity index (χ0) is 22.0. The van der Waals surface area contributed by atoms with Crippen molar-refractivity contribution < 1.29 is 15.0 Å². The van der Waals surface area contributed by atoms with Crippen molar-refractivity contribution in [2.45, 2.75) is 38.1 Å². The van der Waals surface area contributed by atoms with E-state index in [4.69, 9.17) is 5.11 Å². The quantitative estimate of drug-likeness (QED) is 0.422. The van der Waals surface area contributed by atoms with E-state index in [1.54, 1.807) is 18.5 Å². The van der Waals surface area contributed by atoms with Gasteiger partial charge in [-0.2, -0.15) is 0 Å². The van der Waals surface area contributed by atoms with E-state index in [-0.39, 0.29) is 18.7 Å². The molecule has 31 heavy (non-hydrogen) atoms. The highest BCUT2D eigenvalue weighted by Crippen LogP contribution is 2.41. The Hall–Kier alpha value is -3.53. The summed E-state index contributed by atoms with van der Waals surface area (Å²) in [5.41, 5.74) is 1.41. The largest absolute Gasteiger partial charge is 0.395 e. The van der Waals surface area contributed by atoms with Crippen LogP contribution in [0.2, 0.25) is 0 Å². The highest BCUT2D eigenvalue weighted by Gasteiger charge is 2.31. The lowest BCUT2D eigenvalue weighted by Gasteiger charge is -2.23. The van der Waals surface area contributed by atoms with Gasteiger partial charge in [-0.1, -0.05) is 25.3 Å². The number of hydrogen-bond acceptors (Lipinski definition) is 7. The molecule has 0 radical (unpaired) electrons. The summed E-state index contributed by atoms with van der Waals surface area (Å²) in [4.78, 5) is 26.3. The Morgan fingerprint density at radius 3 is 2.55 bits per heavy atom. The maximum absolute atomic E-state index is 11.7. The lowest BCUT2D eigenvalue weighted by atomic mass is 9.95. The molecule has 10 nitrogen and oxygen atoms in total. The van der Waals surface area contributed by atoms with Crippen LogP contribution in [0.5, 0.6) is 0 Å². The molecule has 0 aliphatic heterocycles. The number of imidazole rings is 1. The zero-order valence-electron chi connectivity index (χ0n) is 16.9. The van der Waals surface area contributed by atoms with Gasteiger partial charge in [0.05, 0.1) is 39.4 Å². The number of nitrogens with zero attached hydrogens (tertiary/aromatic N) is 4. The molecule has 2 aromatic carbocycles. The van der Waals surface area contributed by atoms with Crippen LogP contribution >= 0.6 is 0 Å². The van der Waals surface area contributed by atoms with E-state index in [9.17, 15) is 20.2 Å². The zero-order valence-corrected chi connectivity index (χ0v) is 16.9. The first-order valence-electron chi connectivity index (χ1n) is 10.3. The van der Waals surface area contributed by atoms with Gasteiger partial charge in [0.25, 0.3) is 0 Å². The molecule has 0 spiro atoms. The van der Waals surface area contributed by atoms with Crippen molar-refractivity contribution in [2.24, 2.45) is 0 Å². The van der Waals surface area contributed by atoms with Crippen LogP contribution in [0, 0.1) is 20.2 Å². The number of aliphatic hydroxyl groups excluding tert-OH is 1. The first-order chi connectivity index (χ1) is 15.0. The molecule has 2 N–H and O–H groups in total. The van der Waals surface area contributed by atoms with Crippen molar-refractivity contribution in [1.29, 1.82) is 0 Å². The summed E-state index contributed by atoms with van der Waals surface area (Å²) < 4.78 is 2.16. The summed E-state index contributed by atoms with van der Waals surface area (Å²) in [7, 11) is 0. The van der Waals surface area contributed by atoms with E-state index in [2.05, 4.69) is 14.9 Å². The summed E-state index contributed by atoms with van der Waals surface area (Å²) in [5.74, 6) is 0. The van der Waals surface area contributed by atoms with E-state index >= 15 is 0 Å². The van der Waals surface area contributed by atoms with Crippen molar-refractivity contribution in [3.63, 3.8) is 0 Å². The lowest BCUT2D eigenvalue weighted by Crippen LogP contribution is -2.11. The minimum absolute atomic E-state index is 0.133. The number of aromatic nitrogens is 2. The Balaban J connectivity index is 1.82. The van der Waals surface area contributed by atoms with Gasteiger partial charge in [0, 0.05) is 24.3 Å². The maximum atomic E-state index is 11.7. The number of nitrogens with one attached hydrogen (secondary N) is 1. The predicted octanol–water partition coefficient (Wildman–Crippen LogP) is 4.43. The second-order valence-electron chi connectivity index (χ2n) is 7.70. The van der Waals surface area contributed by atoms with Gasteiger partial charge in [-0.15, -0.1) is 0 Å². The Morgan fingerprint density at radius 2 is 1.87 bits per heavy atom. The summed E-state index contributed by atoms with van der Waals surface area (Å²) in [5, 5.41) is 35.2. The molecule has 4 rings (SSSR count). The summed E-state index contributed by atoms with van der Waals surface area (Å²) >= 11 is 0. The summed E-state index contributed by atoms with van der Waals surface area (Å²) in [6, 6.07) is 8.36. The summed E-state index contributed by atoms with van der Waals surface area (Å²) in [6.07, 6.45) is 7.63. The standard InChI is InChI=1S/C21H23N5O5/c27-9-8-22-15-11-17(21(26(30)31)20(12-15)25(28)29)14-6-7-19-18(10-14)23-13-24(19)16-4-2-1-3-5-16/h6-7,10-13,16,22,27H,1-5,8-9H2. The molecule has 0 atom stereocenters. The molecule has 162 valence electrons. The Kier molecular flexibility index (Phi) is 5.81. The third kappa shape index (κ3) is 4.06. The van der Waals surface area contributed by atoms with Gasteiger partial charge in [0.2, 0.25) is 0 Å². The molecule has 0 bridgehead atoms. The van der Waals surface area contributed by atoms with Crippen molar-refractivity contribution in [3.8, 4) is 11.1 Å². The smallest absolute Gasteiger partial charge is 0.353 e. The van der Waals surface area contributed by atoms with Gasteiger partial charge in [-0.05, 0) is 36.6 Å². The highest BCUT2D eigenvalue weighted by molar-refractivity contribution is 5.88. The number of benzene rings is 2. The van der Waals surface area contributed by atoms with Crippen molar-refractivity contribution >= 4 is 28.1 Å². The van der Waals surface area contributed by atoms with Crippen LogP contribution in [-0.4, -0.2) is 37.7 Å². The number of nitro benzene ring substituents is 2. The van der Waals surface area contributed by atoms with E-state index in [1.807, 2.05) is 6.07 Å². The van der Waals surface area contributed by atoms with Crippen LogP contribution < -0.4 is 5.32 Å². The van der Waals surface area contributed by atoms with Crippen molar-refractivity contribution in [1.82, 2.24) is 9.55 Å². The van der Waals surface area contributed by atoms with Crippen LogP contribution in [0.3, 0.4) is 0 Å². The Morgan fingerprint density at radius 1 is 1.10 bits per heavy atom. The van der Waals surface area contributed by atoms with Crippen molar-refractivity contribution in [2.75, 3.05) is 18.5 Å². The van der Waals surface area contributed by atoms with Crippen LogP contribution in [0.4, 0.5) is 17.1 Å². The molecule has 1 saturated carbocycles. The predicted molar refractivity (Wildman–Crippen MR) is 116 cm³/mol. The molecule has 0 amide bonds. The number of aliphatic hydroxyl groups is 1. The fourth-order valence-electron chi connectivity index (χ4n) is 4.32. The molecule has 1 heterocycles. The fraction of sp³-hybridized carbons (Fsp3) is 0.381. The maximum Gasteiger partial charge on any atom is 0.353 e. The average Bonchev–Trinajstić information content (AvgIpc) is 3.20. The van der Waals surface area contributed by atoms with E-state index in [1.165, 1.54) is 25.3 Å². The molecular weight excluding hydrogens is 402 g/mol. The molecule has 0 unspecified atom stereocenters. The first kappa shape index (κ1) is 20.7. The molecule has 3 aromatic rings. The Bertz CT molecular complexity index is 1140. The third-order valence-corrected chi connectivity index (χ3v) is 5.76. The summed E-state index contributed by atoms with van der Waals surface area (Å²) in [6.45, 7) is -0.0100. The molecule has 1 aliphatic carbocycles. The van der Waals surface area contributed by atoms with Crippen molar-refractivity contribution in [3.05, 3.63) is 56.9 Å². The highest BCUT2D eigenvalue weighted by atomic mass is 16.6. The van der Waals surface area contributed by atoms with Crippen LogP contribution in [-0.2, 0) is 0 Å². The van der Waals surface area contributed by atoms with Crippen LogP contribution in [0.25, 0.3) is 22.2 Å². The van der Waals surface area contributed by atoms with E-state index in [0.717, 1.165) is 24.4 Å². The first-order valence-corrected chi connectivity index (χ1v) is 10.3. The molecule has 0 saturated heterocycles. The monoisotopic (exact) mass is 425 g/mol. The Labute approximate surface area is 177 Å². The van der Waals surface area contributed by atoms with Gasteiger partial charge in [-0.25, -0.2) is 4.98 Å². The second-order valence-corrected chi connectivity index (χ2v) is 7.70. The molecule has 1 fully saturated rings. The van der Waals surface area contributed by atoms with Gasteiger partial charge in [-0.3, -0.25) is 20.2 Å². The van der Waals surface area contributed by atoms with Gasteiger partial charge >= 0.3 is 11.4 Å². The number of rotatable bonds is 7. The van der Waals surface area contributed by atoms with Gasteiger partial charge in [0.15, 0.2) is 0 Å². The van der Waals surface area contributed by atoms with Crippen LogP contribution in [0.15, 0.2) is 36.7 Å². The molecule has 1 aromatic heterocycles. The van der Waals surface area contributed by atoms with E-state index in [0.29, 0.717) is 22.8 Å². The SMILES string of the molecule is O=[N+]([O-])c1cc(NCCO)cc(-c2ccc3c(c2)ncn3C2CCCCC2)c1[N+](=O)[O-]. The third-order valence-electron chi connectivity index (χ3n) is 5.76. The average molecular weight is 425 g/mol. The minimum Gasteiger partial charge on any atom is -0.395 e. The minimum atomic E-state index is -0.762. The molecule has 1 aliphatic rings.